The van der Waals surface area contributed by atoms with Crippen molar-refractivity contribution in [3.63, 3.8) is 0 Å². The Morgan fingerprint density at radius 3 is 1.76 bits per heavy atom. The number of amides is 2. The highest BCUT2D eigenvalue weighted by Gasteiger charge is 2.13. The lowest BCUT2D eigenvalue weighted by Gasteiger charge is -2.19. The number of nitrogens with one attached hydrogen (secondary N) is 2. The molecule has 0 saturated carbocycles. The second-order valence-corrected chi connectivity index (χ2v) is 7.77. The molecule has 4 nitrogen and oxygen atoms in total. The number of hydrogen-bond donors (Lipinski definition) is 2. The summed E-state index contributed by atoms with van der Waals surface area (Å²) < 4.78 is 0. The van der Waals surface area contributed by atoms with Gasteiger partial charge in [-0.2, -0.15) is 0 Å². The Morgan fingerprint density at radius 2 is 1.28 bits per heavy atom. The van der Waals surface area contributed by atoms with Crippen molar-refractivity contribution < 1.29 is 9.59 Å². The van der Waals surface area contributed by atoms with E-state index in [4.69, 9.17) is 0 Å². The van der Waals surface area contributed by atoms with Gasteiger partial charge in [-0.3, -0.25) is 9.59 Å². The van der Waals surface area contributed by atoms with Crippen LogP contribution < -0.4 is 10.6 Å². The molecular weight excluding hydrogens is 332 g/mol. The molecule has 5 heteroatoms. The molecule has 0 bridgehead atoms. The van der Waals surface area contributed by atoms with Crippen molar-refractivity contribution in [3.05, 3.63) is 60.2 Å². The molecule has 0 aliphatic carbocycles. The van der Waals surface area contributed by atoms with Gasteiger partial charge in [0.1, 0.15) is 0 Å². The third kappa shape index (κ3) is 6.63. The highest BCUT2D eigenvalue weighted by molar-refractivity contribution is 8.00. The largest absolute Gasteiger partial charge is 0.325 e. The van der Waals surface area contributed by atoms with Crippen molar-refractivity contribution >= 4 is 35.0 Å². The number of para-hydroxylation sites is 1. The Kier molecular flexibility index (Phi) is 6.65. The summed E-state index contributed by atoms with van der Waals surface area (Å²) in [6, 6.07) is 17.1. The lowest BCUT2D eigenvalue weighted by Crippen LogP contribution is -2.18. The Labute approximate surface area is 153 Å². The fraction of sp³-hybridized carbons (Fsp3) is 0.300. The van der Waals surface area contributed by atoms with Crippen molar-refractivity contribution in [2.75, 3.05) is 22.1 Å². The summed E-state index contributed by atoms with van der Waals surface area (Å²) in [6.45, 7) is 6.45. The van der Waals surface area contributed by atoms with Gasteiger partial charge in [0.05, 0.1) is 11.5 Å². The van der Waals surface area contributed by atoms with Crippen LogP contribution in [0.4, 0.5) is 11.4 Å². The molecule has 0 aromatic heterocycles. The Balaban J connectivity index is 1.72. The summed E-state index contributed by atoms with van der Waals surface area (Å²) in [5.41, 5.74) is 2.84. The molecule has 0 fully saturated rings. The van der Waals surface area contributed by atoms with E-state index in [1.807, 2.05) is 54.6 Å². The maximum absolute atomic E-state index is 12.0. The van der Waals surface area contributed by atoms with Crippen LogP contribution >= 0.6 is 11.8 Å². The first-order chi connectivity index (χ1) is 11.8. The minimum Gasteiger partial charge on any atom is -0.325 e. The lowest BCUT2D eigenvalue weighted by molar-refractivity contribution is -0.114. The predicted octanol–water partition coefficient (Wildman–Crippen LogP) is 4.29. The molecular formula is C20H24N2O2S. The van der Waals surface area contributed by atoms with Gasteiger partial charge in [0, 0.05) is 11.4 Å². The molecule has 0 aliphatic rings. The van der Waals surface area contributed by atoms with Gasteiger partial charge < -0.3 is 10.6 Å². The van der Waals surface area contributed by atoms with Crippen LogP contribution in [0.25, 0.3) is 0 Å². The summed E-state index contributed by atoms with van der Waals surface area (Å²) in [7, 11) is 0. The van der Waals surface area contributed by atoms with E-state index in [1.54, 1.807) is 0 Å². The second kappa shape index (κ2) is 8.72. The van der Waals surface area contributed by atoms with Gasteiger partial charge in [-0.25, -0.2) is 0 Å². The van der Waals surface area contributed by atoms with Gasteiger partial charge in [0.15, 0.2) is 0 Å². The first-order valence-corrected chi connectivity index (χ1v) is 9.33. The first-order valence-electron chi connectivity index (χ1n) is 8.17. The smallest absolute Gasteiger partial charge is 0.234 e. The highest BCUT2D eigenvalue weighted by Crippen LogP contribution is 2.23. The molecule has 2 rings (SSSR count). The van der Waals surface area contributed by atoms with Crippen LogP contribution in [0.15, 0.2) is 54.6 Å². The zero-order valence-corrected chi connectivity index (χ0v) is 15.7. The Bertz CT molecular complexity index is 707. The van der Waals surface area contributed by atoms with Gasteiger partial charge in [-0.05, 0) is 35.2 Å². The summed E-state index contributed by atoms with van der Waals surface area (Å²) in [5.74, 6) is 0.258. The molecule has 2 N–H and O–H groups in total. The van der Waals surface area contributed by atoms with Crippen molar-refractivity contribution in [2.45, 2.75) is 26.2 Å². The number of carbonyl (C=O) groups excluding carboxylic acids is 2. The van der Waals surface area contributed by atoms with Gasteiger partial charge in [-0.1, -0.05) is 51.1 Å². The molecule has 0 aliphatic heterocycles. The minimum atomic E-state index is -0.112. The van der Waals surface area contributed by atoms with Crippen LogP contribution in [0.2, 0.25) is 0 Å². The molecule has 132 valence electrons. The average Bonchev–Trinajstić information content (AvgIpc) is 2.55. The standard InChI is InChI=1S/C20H24N2O2S/c1-20(2,3)15-9-11-17(12-10-15)22-19(24)14-25-13-18(23)21-16-7-5-4-6-8-16/h4-12H,13-14H2,1-3H3,(H,21,23)(H,22,24). The molecule has 2 aromatic rings. The maximum Gasteiger partial charge on any atom is 0.234 e. The normalized spacial score (nSPS) is 11.0. The second-order valence-electron chi connectivity index (χ2n) is 6.78. The van der Waals surface area contributed by atoms with Crippen LogP contribution in [-0.2, 0) is 15.0 Å². The zero-order valence-electron chi connectivity index (χ0n) is 14.8. The first kappa shape index (κ1) is 19.1. The zero-order chi connectivity index (χ0) is 18.3. The molecule has 0 spiro atoms. The third-order valence-corrected chi connectivity index (χ3v) is 4.49. The average molecular weight is 356 g/mol. The molecule has 2 aromatic carbocycles. The van der Waals surface area contributed by atoms with Crippen molar-refractivity contribution in [1.82, 2.24) is 0 Å². The van der Waals surface area contributed by atoms with Crippen LogP contribution in [-0.4, -0.2) is 23.3 Å². The molecule has 2 amide bonds. The van der Waals surface area contributed by atoms with Crippen LogP contribution in [0.5, 0.6) is 0 Å². The van der Waals surface area contributed by atoms with Crippen LogP contribution in [0.1, 0.15) is 26.3 Å². The van der Waals surface area contributed by atoms with E-state index < -0.39 is 0 Å². The van der Waals surface area contributed by atoms with Crippen LogP contribution in [0, 0.1) is 0 Å². The van der Waals surface area contributed by atoms with E-state index in [2.05, 4.69) is 31.4 Å². The summed E-state index contributed by atoms with van der Waals surface area (Å²) in [5, 5.41) is 5.65. The summed E-state index contributed by atoms with van der Waals surface area (Å²) in [4.78, 5) is 23.8. The van der Waals surface area contributed by atoms with Gasteiger partial charge in [0.25, 0.3) is 0 Å². The number of benzene rings is 2. The predicted molar refractivity (Wildman–Crippen MR) is 106 cm³/mol. The number of anilines is 2. The molecule has 25 heavy (non-hydrogen) atoms. The van der Waals surface area contributed by atoms with E-state index in [0.717, 1.165) is 11.4 Å². The monoisotopic (exact) mass is 356 g/mol. The molecule has 0 radical (unpaired) electrons. The van der Waals surface area contributed by atoms with Crippen molar-refractivity contribution in [3.8, 4) is 0 Å². The number of carbonyl (C=O) groups is 2. The topological polar surface area (TPSA) is 58.2 Å². The molecule has 0 unspecified atom stereocenters. The summed E-state index contributed by atoms with van der Waals surface area (Å²) in [6.07, 6.45) is 0. The molecule has 0 atom stereocenters. The number of rotatable bonds is 6. The number of hydrogen-bond acceptors (Lipinski definition) is 3. The lowest BCUT2D eigenvalue weighted by atomic mass is 9.87. The van der Waals surface area contributed by atoms with Gasteiger partial charge >= 0.3 is 0 Å². The molecule has 0 saturated heterocycles. The van der Waals surface area contributed by atoms with Gasteiger partial charge in [-0.15, -0.1) is 11.8 Å². The Hall–Kier alpha value is -2.27. The third-order valence-electron chi connectivity index (χ3n) is 3.56. The SMILES string of the molecule is CC(C)(C)c1ccc(NC(=O)CSCC(=O)Nc2ccccc2)cc1. The highest BCUT2D eigenvalue weighted by atomic mass is 32.2. The summed E-state index contributed by atoms with van der Waals surface area (Å²) >= 11 is 1.29. The van der Waals surface area contributed by atoms with E-state index in [1.165, 1.54) is 17.3 Å². The van der Waals surface area contributed by atoms with Crippen LogP contribution in [0.3, 0.4) is 0 Å². The Morgan fingerprint density at radius 1 is 0.800 bits per heavy atom. The van der Waals surface area contributed by atoms with E-state index in [9.17, 15) is 9.59 Å². The number of thioether (sulfide) groups is 1. The van der Waals surface area contributed by atoms with Crippen molar-refractivity contribution in [2.24, 2.45) is 0 Å². The quantitative estimate of drug-likeness (QED) is 0.811. The fourth-order valence-corrected chi connectivity index (χ4v) is 2.82. The molecule has 0 heterocycles. The van der Waals surface area contributed by atoms with E-state index >= 15 is 0 Å². The van der Waals surface area contributed by atoms with Gasteiger partial charge in [0.2, 0.25) is 11.8 Å². The van der Waals surface area contributed by atoms with E-state index in [0.29, 0.717) is 0 Å². The van der Waals surface area contributed by atoms with E-state index in [-0.39, 0.29) is 28.7 Å². The minimum absolute atomic E-state index is 0.0878. The maximum atomic E-state index is 12.0. The van der Waals surface area contributed by atoms with Crippen molar-refractivity contribution in [1.29, 1.82) is 0 Å². The fourth-order valence-electron chi connectivity index (χ4n) is 2.21.